The third kappa shape index (κ3) is 4.24. The lowest BCUT2D eigenvalue weighted by atomic mass is 10.0. The fourth-order valence-corrected chi connectivity index (χ4v) is 1.02. The molecule has 0 aromatic heterocycles. The van der Waals surface area contributed by atoms with Crippen molar-refractivity contribution in [2.75, 3.05) is 20.3 Å². The fraction of sp³-hybridized carbons (Fsp3) is 0.889. The molecule has 0 bridgehead atoms. The van der Waals surface area contributed by atoms with Crippen LogP contribution in [0.5, 0.6) is 0 Å². The van der Waals surface area contributed by atoms with Gasteiger partial charge in [-0.05, 0) is 19.9 Å². The Morgan fingerprint density at radius 3 is 2.62 bits per heavy atom. The molecule has 0 aliphatic heterocycles. The van der Waals surface area contributed by atoms with Gasteiger partial charge in [0.05, 0.1) is 6.61 Å². The van der Waals surface area contributed by atoms with Crippen LogP contribution in [0.1, 0.15) is 26.7 Å². The zero-order valence-electron chi connectivity index (χ0n) is 8.59. The van der Waals surface area contributed by atoms with Crippen LogP contribution in [-0.4, -0.2) is 36.9 Å². The van der Waals surface area contributed by atoms with Crippen molar-refractivity contribution in [2.45, 2.75) is 32.2 Å². The molecular formula is C9H19NO3. The summed E-state index contributed by atoms with van der Waals surface area (Å²) in [6.45, 7) is 4.60. The highest BCUT2D eigenvalue weighted by Gasteiger charge is 2.32. The molecule has 0 aliphatic carbocycles. The molecule has 0 fully saturated rings. The minimum absolute atomic E-state index is 0.187. The van der Waals surface area contributed by atoms with Crippen molar-refractivity contribution in [3.05, 3.63) is 0 Å². The number of rotatable bonds is 7. The first kappa shape index (κ1) is 12.4. The molecule has 0 radical (unpaired) electrons. The van der Waals surface area contributed by atoms with Gasteiger partial charge in [0, 0.05) is 7.11 Å². The Bertz CT molecular complexity index is 161. The van der Waals surface area contributed by atoms with E-state index in [9.17, 15) is 4.79 Å². The van der Waals surface area contributed by atoms with E-state index >= 15 is 0 Å². The number of aliphatic carboxylic acids is 1. The van der Waals surface area contributed by atoms with Gasteiger partial charge in [-0.3, -0.25) is 4.79 Å². The van der Waals surface area contributed by atoms with Crippen molar-refractivity contribution in [2.24, 2.45) is 0 Å². The van der Waals surface area contributed by atoms with Crippen LogP contribution in [0, 0.1) is 0 Å². The van der Waals surface area contributed by atoms with E-state index in [1.54, 1.807) is 6.92 Å². The molecule has 0 aliphatic rings. The van der Waals surface area contributed by atoms with Crippen molar-refractivity contribution in [3.8, 4) is 0 Å². The summed E-state index contributed by atoms with van der Waals surface area (Å²) in [5.41, 5.74) is -0.954. The number of carboxylic acid groups (broad SMARTS) is 1. The number of methoxy groups -OCH3 is 1. The number of carboxylic acids is 1. The van der Waals surface area contributed by atoms with Gasteiger partial charge < -0.3 is 15.2 Å². The van der Waals surface area contributed by atoms with Gasteiger partial charge in [-0.25, -0.2) is 0 Å². The molecule has 0 aromatic rings. The second-order valence-electron chi connectivity index (χ2n) is 3.35. The number of unbranched alkanes of at least 4 members (excludes halogenated alkanes) is 1. The number of hydrogen-bond acceptors (Lipinski definition) is 3. The van der Waals surface area contributed by atoms with E-state index in [4.69, 9.17) is 9.84 Å². The zero-order chi connectivity index (χ0) is 10.3. The van der Waals surface area contributed by atoms with E-state index < -0.39 is 11.5 Å². The maximum atomic E-state index is 10.9. The second kappa shape index (κ2) is 5.94. The lowest BCUT2D eigenvalue weighted by Gasteiger charge is -2.25. The Morgan fingerprint density at radius 2 is 2.23 bits per heavy atom. The molecule has 0 rings (SSSR count). The molecule has 0 aromatic carbocycles. The van der Waals surface area contributed by atoms with Crippen LogP contribution in [0.2, 0.25) is 0 Å². The second-order valence-corrected chi connectivity index (χ2v) is 3.35. The highest BCUT2D eigenvalue weighted by molar-refractivity contribution is 5.78. The maximum absolute atomic E-state index is 10.9. The molecule has 1 atom stereocenters. The Morgan fingerprint density at radius 1 is 1.62 bits per heavy atom. The van der Waals surface area contributed by atoms with Crippen LogP contribution in [0.3, 0.4) is 0 Å². The van der Waals surface area contributed by atoms with E-state index in [0.29, 0.717) is 6.54 Å². The largest absolute Gasteiger partial charge is 0.480 e. The topological polar surface area (TPSA) is 58.6 Å². The zero-order valence-corrected chi connectivity index (χ0v) is 8.59. The first-order chi connectivity index (χ1) is 6.06. The third-order valence-corrected chi connectivity index (χ3v) is 1.95. The predicted molar refractivity (Wildman–Crippen MR) is 50.8 cm³/mol. The quantitative estimate of drug-likeness (QED) is 0.583. The highest BCUT2D eigenvalue weighted by Crippen LogP contribution is 2.04. The normalized spacial score (nSPS) is 15.3. The molecule has 78 valence electrons. The monoisotopic (exact) mass is 189 g/mol. The molecule has 0 spiro atoms. The van der Waals surface area contributed by atoms with Crippen LogP contribution in [0.25, 0.3) is 0 Å². The van der Waals surface area contributed by atoms with Gasteiger partial charge in [-0.15, -0.1) is 0 Å². The highest BCUT2D eigenvalue weighted by atomic mass is 16.5. The SMILES string of the molecule is CCCCNC(C)(COC)C(=O)O. The first-order valence-corrected chi connectivity index (χ1v) is 4.54. The van der Waals surface area contributed by atoms with E-state index in [-0.39, 0.29) is 6.61 Å². The molecular weight excluding hydrogens is 170 g/mol. The molecule has 2 N–H and O–H groups in total. The van der Waals surface area contributed by atoms with E-state index in [2.05, 4.69) is 12.2 Å². The van der Waals surface area contributed by atoms with Gasteiger partial charge in [-0.1, -0.05) is 13.3 Å². The van der Waals surface area contributed by atoms with Crippen molar-refractivity contribution < 1.29 is 14.6 Å². The summed E-state index contributed by atoms with van der Waals surface area (Å²) >= 11 is 0. The number of nitrogens with one attached hydrogen (secondary N) is 1. The van der Waals surface area contributed by atoms with Crippen molar-refractivity contribution in [1.29, 1.82) is 0 Å². The average Bonchev–Trinajstić information content (AvgIpc) is 2.05. The molecule has 4 nitrogen and oxygen atoms in total. The fourth-order valence-electron chi connectivity index (χ4n) is 1.02. The van der Waals surface area contributed by atoms with Crippen LogP contribution in [0.15, 0.2) is 0 Å². The van der Waals surface area contributed by atoms with Crippen molar-refractivity contribution in [1.82, 2.24) is 5.32 Å². The van der Waals surface area contributed by atoms with Crippen LogP contribution >= 0.6 is 0 Å². The van der Waals surface area contributed by atoms with Crippen molar-refractivity contribution >= 4 is 5.97 Å². The average molecular weight is 189 g/mol. The van der Waals surface area contributed by atoms with Crippen LogP contribution in [-0.2, 0) is 9.53 Å². The Hall–Kier alpha value is -0.610. The summed E-state index contributed by atoms with van der Waals surface area (Å²) in [6, 6.07) is 0. The van der Waals surface area contributed by atoms with Gasteiger partial charge in [0.15, 0.2) is 0 Å². The number of carbonyl (C=O) groups is 1. The van der Waals surface area contributed by atoms with Gasteiger partial charge >= 0.3 is 5.97 Å². The van der Waals surface area contributed by atoms with Gasteiger partial charge in [0.1, 0.15) is 5.54 Å². The van der Waals surface area contributed by atoms with Gasteiger partial charge in [0.2, 0.25) is 0 Å². The molecule has 0 heterocycles. The summed E-state index contributed by atoms with van der Waals surface area (Å²) in [5.74, 6) is -0.870. The minimum Gasteiger partial charge on any atom is -0.480 e. The van der Waals surface area contributed by atoms with E-state index in [0.717, 1.165) is 12.8 Å². The molecule has 1 unspecified atom stereocenters. The predicted octanol–water partition coefficient (Wildman–Crippen LogP) is 0.866. The Balaban J connectivity index is 4.00. The minimum atomic E-state index is -0.954. The molecule has 13 heavy (non-hydrogen) atoms. The third-order valence-electron chi connectivity index (χ3n) is 1.95. The lowest BCUT2D eigenvalue weighted by Crippen LogP contribution is -2.53. The standard InChI is InChI=1S/C9H19NO3/c1-4-5-6-10-9(2,7-13-3)8(11)12/h10H,4-7H2,1-3H3,(H,11,12). The Labute approximate surface area is 79.3 Å². The Kier molecular flexibility index (Phi) is 5.66. The van der Waals surface area contributed by atoms with Crippen LogP contribution in [0.4, 0.5) is 0 Å². The summed E-state index contributed by atoms with van der Waals surface area (Å²) in [5, 5.41) is 11.9. The number of ether oxygens (including phenoxy) is 1. The molecule has 0 saturated heterocycles. The molecule has 0 saturated carbocycles. The van der Waals surface area contributed by atoms with Crippen LogP contribution < -0.4 is 5.32 Å². The van der Waals surface area contributed by atoms with Gasteiger partial charge in [0.25, 0.3) is 0 Å². The lowest BCUT2D eigenvalue weighted by molar-refractivity contribution is -0.146. The number of hydrogen-bond donors (Lipinski definition) is 2. The van der Waals surface area contributed by atoms with E-state index in [1.807, 2.05) is 0 Å². The summed E-state index contributed by atoms with van der Waals surface area (Å²) < 4.78 is 4.86. The summed E-state index contributed by atoms with van der Waals surface area (Å²) in [7, 11) is 1.50. The first-order valence-electron chi connectivity index (χ1n) is 4.54. The molecule has 4 heteroatoms. The summed E-state index contributed by atoms with van der Waals surface area (Å²) in [4.78, 5) is 10.9. The van der Waals surface area contributed by atoms with Gasteiger partial charge in [-0.2, -0.15) is 0 Å². The summed E-state index contributed by atoms with van der Waals surface area (Å²) in [6.07, 6.45) is 2.03. The maximum Gasteiger partial charge on any atom is 0.326 e. The van der Waals surface area contributed by atoms with E-state index in [1.165, 1.54) is 7.11 Å². The molecule has 0 amide bonds. The smallest absolute Gasteiger partial charge is 0.326 e. The van der Waals surface area contributed by atoms with Crippen molar-refractivity contribution in [3.63, 3.8) is 0 Å².